The molecule has 0 atom stereocenters. The van der Waals surface area contributed by atoms with Crippen molar-refractivity contribution in [3.05, 3.63) is 52.4 Å². The number of hydrogen-bond acceptors (Lipinski definition) is 7. The molecule has 176 valence electrons. The van der Waals surface area contributed by atoms with Gasteiger partial charge in [0.2, 0.25) is 5.95 Å². The highest BCUT2D eigenvalue weighted by Crippen LogP contribution is 2.21. The molecular weight excluding hydrogens is 426 g/mol. The number of rotatable bonds is 6. The summed E-state index contributed by atoms with van der Waals surface area (Å²) in [6.45, 7) is 9.32. The van der Waals surface area contributed by atoms with Gasteiger partial charge in [-0.1, -0.05) is 30.2 Å². The molecule has 2 aliphatic heterocycles. The lowest BCUT2D eigenvalue weighted by Gasteiger charge is -2.34. The van der Waals surface area contributed by atoms with Gasteiger partial charge in [-0.15, -0.1) is 5.92 Å². The normalized spacial score (nSPS) is 15.4. The number of β-amino-alcohol motifs (C(OH)–C–C–N with tert-alkyl or cyclic N) is 1. The number of hydrogen-bond donors (Lipinski definition) is 2. The third-order valence-corrected chi connectivity index (χ3v) is 6.29. The number of aliphatic hydroxyl groups excluding tert-OH is 1. The molecule has 1 fully saturated rings. The van der Waals surface area contributed by atoms with Gasteiger partial charge in [0.15, 0.2) is 0 Å². The van der Waals surface area contributed by atoms with E-state index in [1.165, 1.54) is 5.39 Å². The third kappa shape index (κ3) is 4.32. The van der Waals surface area contributed by atoms with Crippen LogP contribution >= 0.6 is 0 Å². The van der Waals surface area contributed by atoms with Gasteiger partial charge in [0.05, 0.1) is 37.3 Å². The fraction of sp³-hybridized carbons (Fsp3) is 0.385. The SMILES string of the molecule is CC#CCn1c(N2CCNCC2)nc2c1=CN(Cc1nc(C)cc3ccccc13)N(CCO)C=2. The Balaban J connectivity index is 1.60. The van der Waals surface area contributed by atoms with Gasteiger partial charge >= 0.3 is 0 Å². The predicted molar refractivity (Wildman–Crippen MR) is 135 cm³/mol. The van der Waals surface area contributed by atoms with E-state index in [0.717, 1.165) is 59.6 Å². The van der Waals surface area contributed by atoms with Crippen molar-refractivity contribution in [3.8, 4) is 11.8 Å². The second-order valence-electron chi connectivity index (χ2n) is 8.61. The lowest BCUT2D eigenvalue weighted by molar-refractivity contribution is 0.0832. The number of pyridine rings is 1. The Hall–Kier alpha value is -3.54. The molecule has 2 aromatic heterocycles. The molecule has 0 unspecified atom stereocenters. The summed E-state index contributed by atoms with van der Waals surface area (Å²) in [5.41, 5.74) is 2.00. The molecule has 0 aliphatic carbocycles. The first-order chi connectivity index (χ1) is 16.7. The number of aromatic nitrogens is 3. The molecule has 3 aromatic rings. The first-order valence-electron chi connectivity index (χ1n) is 11.8. The van der Waals surface area contributed by atoms with Crippen LogP contribution in [0.5, 0.6) is 0 Å². The molecule has 0 radical (unpaired) electrons. The number of benzene rings is 1. The van der Waals surface area contributed by atoms with E-state index in [1.54, 1.807) is 0 Å². The van der Waals surface area contributed by atoms with Gasteiger partial charge in [0.25, 0.3) is 0 Å². The van der Waals surface area contributed by atoms with Crippen LogP contribution in [0.25, 0.3) is 23.2 Å². The van der Waals surface area contributed by atoms with E-state index in [2.05, 4.69) is 68.2 Å². The Morgan fingerprint density at radius 1 is 1.09 bits per heavy atom. The number of hydrazine groups is 1. The number of imidazole rings is 1. The largest absolute Gasteiger partial charge is 0.394 e. The second-order valence-corrected chi connectivity index (χ2v) is 8.61. The van der Waals surface area contributed by atoms with Crippen molar-refractivity contribution in [1.82, 2.24) is 29.9 Å². The van der Waals surface area contributed by atoms with Crippen molar-refractivity contribution in [3.63, 3.8) is 0 Å². The maximum Gasteiger partial charge on any atom is 0.207 e. The highest BCUT2D eigenvalue weighted by atomic mass is 16.3. The van der Waals surface area contributed by atoms with E-state index < -0.39 is 0 Å². The smallest absolute Gasteiger partial charge is 0.207 e. The van der Waals surface area contributed by atoms with Gasteiger partial charge < -0.3 is 15.3 Å². The zero-order chi connectivity index (χ0) is 23.5. The molecule has 2 aliphatic rings. The lowest BCUT2D eigenvalue weighted by Crippen LogP contribution is -2.47. The number of aliphatic hydroxyl groups is 1. The first-order valence-corrected chi connectivity index (χ1v) is 11.8. The average molecular weight is 458 g/mol. The summed E-state index contributed by atoms with van der Waals surface area (Å²) in [7, 11) is 0. The molecule has 0 saturated carbocycles. The van der Waals surface area contributed by atoms with Crippen LogP contribution in [0.2, 0.25) is 0 Å². The molecule has 8 heteroatoms. The van der Waals surface area contributed by atoms with Gasteiger partial charge in [-0.05, 0) is 25.3 Å². The van der Waals surface area contributed by atoms with Crippen LogP contribution in [0, 0.1) is 18.8 Å². The van der Waals surface area contributed by atoms with E-state index in [4.69, 9.17) is 9.97 Å². The number of nitrogens with one attached hydrogen (secondary N) is 1. The summed E-state index contributed by atoms with van der Waals surface area (Å²) in [5, 5.41) is 21.6. The van der Waals surface area contributed by atoms with Gasteiger partial charge in [-0.3, -0.25) is 19.6 Å². The molecule has 1 saturated heterocycles. The molecule has 8 nitrogen and oxygen atoms in total. The molecule has 2 N–H and O–H groups in total. The maximum atomic E-state index is 9.77. The zero-order valence-corrected chi connectivity index (χ0v) is 19.8. The summed E-state index contributed by atoms with van der Waals surface area (Å²) in [6.07, 6.45) is 4.16. The molecule has 34 heavy (non-hydrogen) atoms. The van der Waals surface area contributed by atoms with Crippen LogP contribution in [0.4, 0.5) is 5.95 Å². The van der Waals surface area contributed by atoms with Crippen LogP contribution in [0.3, 0.4) is 0 Å². The van der Waals surface area contributed by atoms with E-state index in [9.17, 15) is 5.11 Å². The Bertz CT molecular complexity index is 1360. The van der Waals surface area contributed by atoms with Crippen molar-refractivity contribution in [2.24, 2.45) is 0 Å². The highest BCUT2D eigenvalue weighted by molar-refractivity contribution is 5.84. The molecule has 0 bridgehead atoms. The van der Waals surface area contributed by atoms with Gasteiger partial charge in [0, 0.05) is 49.7 Å². The summed E-state index contributed by atoms with van der Waals surface area (Å²) in [4.78, 5) is 12.2. The minimum absolute atomic E-state index is 0.0465. The molecule has 5 rings (SSSR count). The molecule has 1 aromatic carbocycles. The average Bonchev–Trinajstić information content (AvgIpc) is 3.20. The van der Waals surface area contributed by atoms with Crippen molar-refractivity contribution in [1.29, 1.82) is 0 Å². The molecule has 4 heterocycles. The second kappa shape index (κ2) is 9.75. The van der Waals surface area contributed by atoms with Crippen LogP contribution < -0.4 is 20.9 Å². The van der Waals surface area contributed by atoms with Crippen molar-refractivity contribution < 1.29 is 5.11 Å². The van der Waals surface area contributed by atoms with Crippen LogP contribution in [-0.4, -0.2) is 69.0 Å². The van der Waals surface area contributed by atoms with Crippen molar-refractivity contribution in [2.45, 2.75) is 26.9 Å². The van der Waals surface area contributed by atoms with E-state index >= 15 is 0 Å². The maximum absolute atomic E-state index is 9.77. The van der Waals surface area contributed by atoms with Gasteiger partial charge in [-0.2, -0.15) is 0 Å². The monoisotopic (exact) mass is 457 g/mol. The topological polar surface area (TPSA) is 72.7 Å². The number of fused-ring (bicyclic) bond motifs is 2. The van der Waals surface area contributed by atoms with Crippen LogP contribution in [0.15, 0.2) is 30.3 Å². The fourth-order valence-electron chi connectivity index (χ4n) is 4.68. The van der Waals surface area contributed by atoms with Crippen molar-refractivity contribution in [2.75, 3.05) is 44.2 Å². The number of nitrogens with zero attached hydrogens (tertiary/aromatic N) is 6. The summed E-state index contributed by atoms with van der Waals surface area (Å²) < 4.78 is 2.21. The van der Waals surface area contributed by atoms with Crippen LogP contribution in [0.1, 0.15) is 18.3 Å². The lowest BCUT2D eigenvalue weighted by atomic mass is 10.1. The van der Waals surface area contributed by atoms with Crippen molar-refractivity contribution >= 4 is 29.1 Å². The van der Waals surface area contributed by atoms with Gasteiger partial charge in [-0.25, -0.2) is 4.98 Å². The summed E-state index contributed by atoms with van der Waals surface area (Å²) >= 11 is 0. The first kappa shape index (κ1) is 22.3. The Kier molecular flexibility index (Phi) is 6.39. The fourth-order valence-corrected chi connectivity index (χ4v) is 4.68. The predicted octanol–water partition coefficient (Wildman–Crippen LogP) is 0.374. The van der Waals surface area contributed by atoms with E-state index in [-0.39, 0.29) is 6.61 Å². The molecule has 0 spiro atoms. The standard InChI is InChI=1S/C26H31N7O/c1-3-4-11-33-25-19-32(17-23-22-8-6-5-7-21(22)16-20(2)28-23)31(14-15-34)18-24(25)29-26(33)30-12-9-27-10-13-30/h5-8,16,18-19,27,34H,9-15,17H2,1-2H3. The number of piperazine rings is 1. The zero-order valence-electron chi connectivity index (χ0n) is 19.8. The minimum atomic E-state index is 0.0465. The summed E-state index contributed by atoms with van der Waals surface area (Å²) in [5.74, 6) is 7.20. The van der Waals surface area contributed by atoms with E-state index in [0.29, 0.717) is 19.6 Å². The Morgan fingerprint density at radius 2 is 1.91 bits per heavy atom. The molecule has 0 amide bonds. The number of aryl methyl sites for hydroxylation is 1. The van der Waals surface area contributed by atoms with Gasteiger partial charge in [0.1, 0.15) is 5.35 Å². The molecular formula is C26H31N7O. The third-order valence-electron chi connectivity index (χ3n) is 6.29. The Morgan fingerprint density at radius 3 is 2.71 bits per heavy atom. The quantitative estimate of drug-likeness (QED) is 0.519. The van der Waals surface area contributed by atoms with E-state index in [1.807, 2.05) is 25.1 Å². The Labute approximate surface area is 199 Å². The minimum Gasteiger partial charge on any atom is -0.394 e. The van der Waals surface area contributed by atoms with Crippen LogP contribution in [-0.2, 0) is 13.1 Å². The summed E-state index contributed by atoms with van der Waals surface area (Å²) in [6, 6.07) is 10.5. The highest BCUT2D eigenvalue weighted by Gasteiger charge is 2.22. The number of anilines is 1.